The van der Waals surface area contributed by atoms with Crippen molar-refractivity contribution < 1.29 is 20.1 Å². The first-order valence-electron chi connectivity index (χ1n) is 3.38. The highest BCUT2D eigenvalue weighted by Gasteiger charge is 2.22. The van der Waals surface area contributed by atoms with Crippen molar-refractivity contribution in [2.45, 2.75) is 19.1 Å². The number of aliphatic hydroxyl groups excluding tert-OH is 3. The quantitative estimate of drug-likeness (QED) is 0.380. The Morgan fingerprint density at radius 3 is 2.45 bits per heavy atom. The largest absolute Gasteiger partial charge is 0.394 e. The molecule has 0 heterocycles. The van der Waals surface area contributed by atoms with E-state index in [0.29, 0.717) is 6.54 Å². The lowest BCUT2D eigenvalue weighted by Crippen LogP contribution is -2.43. The van der Waals surface area contributed by atoms with Gasteiger partial charge in [0.2, 0.25) is 0 Å². The van der Waals surface area contributed by atoms with Crippen LogP contribution in [-0.2, 0) is 4.79 Å². The summed E-state index contributed by atoms with van der Waals surface area (Å²) < 4.78 is 0. The van der Waals surface area contributed by atoms with E-state index in [1.54, 1.807) is 6.92 Å². The molecule has 11 heavy (non-hydrogen) atoms. The fourth-order valence-corrected chi connectivity index (χ4v) is 0.553. The van der Waals surface area contributed by atoms with Gasteiger partial charge in [0.05, 0.1) is 6.61 Å². The maximum absolute atomic E-state index is 10.7. The van der Waals surface area contributed by atoms with Crippen molar-refractivity contribution in [3.8, 4) is 0 Å². The fourth-order valence-electron chi connectivity index (χ4n) is 0.553. The summed E-state index contributed by atoms with van der Waals surface area (Å²) in [5.74, 6) is -0.672. The van der Waals surface area contributed by atoms with Gasteiger partial charge in [-0.05, 0) is 6.92 Å². The summed E-state index contributed by atoms with van der Waals surface area (Å²) in [7, 11) is 0. The average Bonchev–Trinajstić information content (AvgIpc) is 2.02. The van der Waals surface area contributed by atoms with E-state index in [-0.39, 0.29) is 0 Å². The predicted molar refractivity (Wildman–Crippen MR) is 37.8 cm³/mol. The monoisotopic (exact) mass is 163 g/mol. The minimum atomic E-state index is -1.54. The van der Waals surface area contributed by atoms with Crippen molar-refractivity contribution in [3.63, 3.8) is 0 Å². The summed E-state index contributed by atoms with van der Waals surface area (Å²) in [4.78, 5) is 10.7. The highest BCUT2D eigenvalue weighted by Crippen LogP contribution is 1.91. The van der Waals surface area contributed by atoms with Gasteiger partial charge < -0.3 is 20.6 Å². The zero-order chi connectivity index (χ0) is 8.85. The number of aliphatic hydroxyl groups is 3. The molecule has 0 saturated carbocycles. The molecule has 2 unspecified atom stereocenters. The first-order valence-corrected chi connectivity index (χ1v) is 3.38. The van der Waals surface area contributed by atoms with Gasteiger partial charge in [-0.2, -0.15) is 0 Å². The van der Waals surface area contributed by atoms with E-state index >= 15 is 0 Å². The van der Waals surface area contributed by atoms with Crippen molar-refractivity contribution in [1.29, 1.82) is 0 Å². The number of likely N-dealkylation sites (N-methyl/N-ethyl adjacent to an activating group) is 1. The van der Waals surface area contributed by atoms with Crippen LogP contribution in [0.3, 0.4) is 0 Å². The van der Waals surface area contributed by atoms with Gasteiger partial charge in [0, 0.05) is 6.54 Å². The zero-order valence-corrected chi connectivity index (χ0v) is 6.32. The summed E-state index contributed by atoms with van der Waals surface area (Å²) in [6, 6.07) is 0. The van der Waals surface area contributed by atoms with Gasteiger partial charge in [0.1, 0.15) is 6.10 Å². The molecule has 0 spiro atoms. The molecular weight excluding hydrogens is 150 g/mol. The first-order chi connectivity index (χ1) is 5.13. The first kappa shape index (κ1) is 10.3. The van der Waals surface area contributed by atoms with E-state index in [0.717, 1.165) is 0 Å². The molecule has 0 aliphatic heterocycles. The van der Waals surface area contributed by atoms with Gasteiger partial charge in [0.15, 0.2) is 6.10 Å². The Kier molecular flexibility index (Phi) is 4.76. The van der Waals surface area contributed by atoms with Crippen molar-refractivity contribution >= 4 is 5.91 Å². The van der Waals surface area contributed by atoms with Gasteiger partial charge in [-0.15, -0.1) is 0 Å². The van der Waals surface area contributed by atoms with Crippen LogP contribution in [0.15, 0.2) is 0 Å². The minimum Gasteiger partial charge on any atom is -0.394 e. The Bertz CT molecular complexity index is 128. The van der Waals surface area contributed by atoms with Crippen LogP contribution < -0.4 is 5.32 Å². The molecule has 0 aliphatic rings. The summed E-state index contributed by atoms with van der Waals surface area (Å²) in [5, 5.41) is 28.3. The standard InChI is InChI=1S/C6H13NO4/c1-2-7-6(11)5(10)4(9)3-8/h4-5,8-10H,2-3H2,1H3,(H,7,11). The fraction of sp³-hybridized carbons (Fsp3) is 0.833. The number of rotatable bonds is 4. The molecule has 0 rings (SSSR count). The lowest BCUT2D eigenvalue weighted by Gasteiger charge is -2.13. The van der Waals surface area contributed by atoms with E-state index in [9.17, 15) is 4.79 Å². The normalized spacial score (nSPS) is 15.6. The van der Waals surface area contributed by atoms with E-state index in [4.69, 9.17) is 15.3 Å². The average molecular weight is 163 g/mol. The second-order valence-electron chi connectivity index (χ2n) is 2.09. The summed E-state index contributed by atoms with van der Waals surface area (Å²) >= 11 is 0. The molecule has 1 amide bonds. The molecular formula is C6H13NO4. The number of carbonyl (C=O) groups excluding carboxylic acids is 1. The van der Waals surface area contributed by atoms with E-state index in [1.807, 2.05) is 0 Å². The van der Waals surface area contributed by atoms with Crippen LogP contribution in [-0.4, -0.2) is 46.6 Å². The van der Waals surface area contributed by atoms with Crippen LogP contribution >= 0.6 is 0 Å². The molecule has 5 heteroatoms. The third-order valence-electron chi connectivity index (χ3n) is 1.17. The number of carbonyl (C=O) groups is 1. The second kappa shape index (κ2) is 5.06. The Hall–Kier alpha value is -0.650. The molecule has 0 aromatic heterocycles. The number of hydrogen-bond donors (Lipinski definition) is 4. The maximum atomic E-state index is 10.7. The lowest BCUT2D eigenvalue weighted by atomic mass is 10.2. The van der Waals surface area contributed by atoms with Crippen LogP contribution in [0.5, 0.6) is 0 Å². The molecule has 5 nitrogen and oxygen atoms in total. The molecule has 0 aliphatic carbocycles. The van der Waals surface area contributed by atoms with Crippen LogP contribution in [0.1, 0.15) is 6.92 Å². The molecule has 0 fully saturated rings. The summed E-state index contributed by atoms with van der Waals surface area (Å²) in [6.07, 6.45) is -2.94. The Balaban J connectivity index is 3.80. The molecule has 2 atom stereocenters. The maximum Gasteiger partial charge on any atom is 0.251 e. The van der Waals surface area contributed by atoms with Gasteiger partial charge in [0.25, 0.3) is 5.91 Å². The van der Waals surface area contributed by atoms with Crippen LogP contribution in [0.2, 0.25) is 0 Å². The molecule has 0 aromatic carbocycles. The number of hydrogen-bond acceptors (Lipinski definition) is 4. The topological polar surface area (TPSA) is 89.8 Å². The SMILES string of the molecule is CCNC(=O)C(O)C(O)CO. The predicted octanol–water partition coefficient (Wildman–Crippen LogP) is -2.16. The van der Waals surface area contributed by atoms with E-state index in [1.165, 1.54) is 0 Å². The highest BCUT2D eigenvalue weighted by atomic mass is 16.4. The van der Waals surface area contributed by atoms with Crippen molar-refractivity contribution in [1.82, 2.24) is 5.32 Å². The van der Waals surface area contributed by atoms with Crippen molar-refractivity contribution in [3.05, 3.63) is 0 Å². The third-order valence-corrected chi connectivity index (χ3v) is 1.17. The Morgan fingerprint density at radius 1 is 1.55 bits per heavy atom. The van der Waals surface area contributed by atoms with E-state index in [2.05, 4.69) is 5.32 Å². The molecule has 0 bridgehead atoms. The van der Waals surface area contributed by atoms with Gasteiger partial charge >= 0.3 is 0 Å². The van der Waals surface area contributed by atoms with Gasteiger partial charge in [-0.3, -0.25) is 4.79 Å². The Labute approximate surface area is 64.7 Å². The van der Waals surface area contributed by atoms with Crippen molar-refractivity contribution in [2.24, 2.45) is 0 Å². The van der Waals surface area contributed by atoms with Crippen LogP contribution in [0.25, 0.3) is 0 Å². The highest BCUT2D eigenvalue weighted by molar-refractivity contribution is 5.80. The minimum absolute atomic E-state index is 0.383. The molecule has 0 radical (unpaired) electrons. The van der Waals surface area contributed by atoms with Crippen LogP contribution in [0.4, 0.5) is 0 Å². The summed E-state index contributed by atoms with van der Waals surface area (Å²) in [5.41, 5.74) is 0. The third kappa shape index (κ3) is 3.31. The lowest BCUT2D eigenvalue weighted by molar-refractivity contribution is -0.136. The van der Waals surface area contributed by atoms with Gasteiger partial charge in [-0.25, -0.2) is 0 Å². The Morgan fingerprint density at radius 2 is 2.09 bits per heavy atom. The zero-order valence-electron chi connectivity index (χ0n) is 6.32. The van der Waals surface area contributed by atoms with E-state index < -0.39 is 24.7 Å². The van der Waals surface area contributed by atoms with Gasteiger partial charge in [-0.1, -0.05) is 0 Å². The number of amides is 1. The second-order valence-corrected chi connectivity index (χ2v) is 2.09. The molecule has 0 saturated heterocycles. The summed E-state index contributed by atoms with van der Waals surface area (Å²) in [6.45, 7) is 1.45. The molecule has 0 aromatic rings. The van der Waals surface area contributed by atoms with Crippen molar-refractivity contribution in [2.75, 3.05) is 13.2 Å². The van der Waals surface area contributed by atoms with Crippen LogP contribution in [0, 0.1) is 0 Å². The molecule has 66 valence electrons. The number of nitrogens with one attached hydrogen (secondary N) is 1. The smallest absolute Gasteiger partial charge is 0.251 e. The molecule has 4 N–H and O–H groups in total.